The highest BCUT2D eigenvalue weighted by atomic mass is 32.2. The molecule has 11 heteroatoms. The summed E-state index contributed by atoms with van der Waals surface area (Å²) in [7, 11) is 1.15. The number of rotatable bonds is 6. The minimum Gasteiger partial charge on any atom is -0.378 e. The van der Waals surface area contributed by atoms with Gasteiger partial charge in [0, 0.05) is 68.3 Å². The fourth-order valence-corrected chi connectivity index (χ4v) is 6.12. The zero-order valence-electron chi connectivity index (χ0n) is 18.8. The lowest BCUT2D eigenvalue weighted by atomic mass is 10.1. The topological polar surface area (TPSA) is 94.7 Å². The Hall–Kier alpha value is -2.57. The van der Waals surface area contributed by atoms with Crippen molar-refractivity contribution in [2.24, 2.45) is 0 Å². The van der Waals surface area contributed by atoms with E-state index in [4.69, 9.17) is 14.7 Å². The maximum atomic E-state index is 12.5. The normalized spacial score (nSPS) is 15.4. The molecule has 1 aliphatic heterocycles. The molecular weight excluding hydrogens is 460 g/mol. The SMILES string of the molecule is CN(C)S(=O)(=O)N(C)Cc1cc2nc(-c3cccc4[nH]ccc34)nc(N3CCOCC3)c2s1. The number of benzene rings is 1. The number of anilines is 1. The van der Waals surface area contributed by atoms with Crippen molar-refractivity contribution in [2.75, 3.05) is 52.3 Å². The maximum absolute atomic E-state index is 12.5. The minimum atomic E-state index is -3.51. The highest BCUT2D eigenvalue weighted by Crippen LogP contribution is 2.36. The molecule has 0 bridgehead atoms. The number of nitrogens with zero attached hydrogens (tertiary/aromatic N) is 5. The van der Waals surface area contributed by atoms with Gasteiger partial charge in [-0.1, -0.05) is 12.1 Å². The zero-order chi connectivity index (χ0) is 23.2. The first-order valence-electron chi connectivity index (χ1n) is 10.7. The van der Waals surface area contributed by atoms with E-state index in [2.05, 4.69) is 9.88 Å². The molecule has 3 aromatic heterocycles. The third-order valence-electron chi connectivity index (χ3n) is 5.79. The molecule has 0 aliphatic carbocycles. The number of hydrogen-bond donors (Lipinski definition) is 1. The molecule has 1 N–H and O–H groups in total. The number of thiophene rings is 1. The fraction of sp³-hybridized carbons (Fsp3) is 0.364. The first-order chi connectivity index (χ1) is 15.8. The zero-order valence-corrected chi connectivity index (χ0v) is 20.4. The largest absolute Gasteiger partial charge is 0.378 e. The third-order valence-corrected chi connectivity index (χ3v) is 8.73. The van der Waals surface area contributed by atoms with Crippen molar-refractivity contribution in [3.8, 4) is 11.4 Å². The van der Waals surface area contributed by atoms with Gasteiger partial charge < -0.3 is 14.6 Å². The van der Waals surface area contributed by atoms with E-state index < -0.39 is 10.2 Å². The summed E-state index contributed by atoms with van der Waals surface area (Å²) in [6.07, 6.45) is 1.92. The summed E-state index contributed by atoms with van der Waals surface area (Å²) < 4.78 is 34.1. The number of H-pyrrole nitrogens is 1. The summed E-state index contributed by atoms with van der Waals surface area (Å²) >= 11 is 1.54. The Bertz CT molecular complexity index is 1410. The van der Waals surface area contributed by atoms with Gasteiger partial charge in [-0.2, -0.15) is 17.0 Å². The third kappa shape index (κ3) is 4.11. The summed E-state index contributed by atoms with van der Waals surface area (Å²) in [5, 5.41) is 1.07. The first-order valence-corrected chi connectivity index (χ1v) is 12.9. The quantitative estimate of drug-likeness (QED) is 0.450. The van der Waals surface area contributed by atoms with E-state index in [1.165, 1.54) is 22.7 Å². The van der Waals surface area contributed by atoms with Crippen LogP contribution >= 0.6 is 11.3 Å². The van der Waals surface area contributed by atoms with Crippen LogP contribution in [-0.2, 0) is 21.5 Å². The molecule has 33 heavy (non-hydrogen) atoms. The monoisotopic (exact) mass is 486 g/mol. The second kappa shape index (κ2) is 8.65. The number of hydrogen-bond acceptors (Lipinski definition) is 7. The van der Waals surface area contributed by atoms with Crippen molar-refractivity contribution in [3.63, 3.8) is 0 Å². The van der Waals surface area contributed by atoms with Gasteiger partial charge in [0.2, 0.25) is 0 Å². The summed E-state index contributed by atoms with van der Waals surface area (Å²) in [6.45, 7) is 3.07. The van der Waals surface area contributed by atoms with Gasteiger partial charge in [-0.05, 0) is 18.2 Å². The van der Waals surface area contributed by atoms with Crippen LogP contribution in [0.1, 0.15) is 4.88 Å². The number of morpholine rings is 1. The molecule has 174 valence electrons. The van der Waals surface area contributed by atoms with Gasteiger partial charge in [-0.15, -0.1) is 11.3 Å². The summed E-state index contributed by atoms with van der Waals surface area (Å²) in [4.78, 5) is 16.3. The molecule has 1 aliphatic rings. The predicted octanol–water partition coefficient (Wildman–Crippen LogP) is 2.91. The van der Waals surface area contributed by atoms with Crippen molar-refractivity contribution in [1.29, 1.82) is 0 Å². The van der Waals surface area contributed by atoms with E-state index in [1.807, 2.05) is 36.5 Å². The lowest BCUT2D eigenvalue weighted by Gasteiger charge is -2.28. The van der Waals surface area contributed by atoms with Gasteiger partial charge in [-0.3, -0.25) is 0 Å². The van der Waals surface area contributed by atoms with E-state index in [9.17, 15) is 8.42 Å². The molecule has 1 fully saturated rings. The van der Waals surface area contributed by atoms with Crippen LogP contribution in [0.2, 0.25) is 0 Å². The van der Waals surface area contributed by atoms with Crippen molar-refractivity contribution in [2.45, 2.75) is 6.54 Å². The highest BCUT2D eigenvalue weighted by molar-refractivity contribution is 7.86. The number of ether oxygens (including phenoxy) is 1. The Kier molecular flexibility index (Phi) is 5.83. The molecule has 5 rings (SSSR count). The molecule has 0 saturated carbocycles. The Morgan fingerprint density at radius 1 is 1.15 bits per heavy atom. The number of aromatic nitrogens is 3. The molecule has 0 atom stereocenters. The standard InChI is InChI=1S/C22H26N6O3S2/c1-26(2)33(29,30)27(3)14-15-13-19-20(32-15)22(28-9-11-31-12-10-28)25-21(24-19)17-5-4-6-18-16(17)7-8-23-18/h4-8,13,23H,9-12,14H2,1-3H3. The van der Waals surface area contributed by atoms with Crippen LogP contribution in [0.5, 0.6) is 0 Å². The van der Waals surface area contributed by atoms with E-state index in [-0.39, 0.29) is 6.54 Å². The second-order valence-corrected chi connectivity index (χ2v) is 11.6. The smallest absolute Gasteiger partial charge is 0.281 e. The first kappa shape index (κ1) is 22.2. The summed E-state index contributed by atoms with van der Waals surface area (Å²) in [6, 6.07) is 10.1. The van der Waals surface area contributed by atoms with Crippen LogP contribution in [0, 0.1) is 0 Å². The Morgan fingerprint density at radius 2 is 1.94 bits per heavy atom. The highest BCUT2D eigenvalue weighted by Gasteiger charge is 2.24. The van der Waals surface area contributed by atoms with Crippen LogP contribution in [0.4, 0.5) is 5.82 Å². The molecule has 9 nitrogen and oxygen atoms in total. The fourth-order valence-electron chi connectivity index (χ4n) is 4.01. The minimum absolute atomic E-state index is 0.271. The van der Waals surface area contributed by atoms with Crippen molar-refractivity contribution >= 4 is 48.5 Å². The average Bonchev–Trinajstić information content (AvgIpc) is 3.45. The van der Waals surface area contributed by atoms with Gasteiger partial charge in [0.15, 0.2) is 11.6 Å². The molecule has 0 unspecified atom stereocenters. The molecule has 4 heterocycles. The maximum Gasteiger partial charge on any atom is 0.281 e. The average molecular weight is 487 g/mol. The van der Waals surface area contributed by atoms with Gasteiger partial charge in [-0.25, -0.2) is 9.97 Å². The van der Waals surface area contributed by atoms with E-state index in [0.717, 1.165) is 50.5 Å². The molecule has 0 amide bonds. The number of aromatic amines is 1. The van der Waals surface area contributed by atoms with Gasteiger partial charge in [0.1, 0.15) is 0 Å². The summed E-state index contributed by atoms with van der Waals surface area (Å²) in [5.74, 6) is 1.54. The number of nitrogens with one attached hydrogen (secondary N) is 1. The van der Waals surface area contributed by atoms with Crippen LogP contribution in [0.3, 0.4) is 0 Å². The Morgan fingerprint density at radius 3 is 2.70 bits per heavy atom. The van der Waals surface area contributed by atoms with E-state index in [1.54, 1.807) is 18.4 Å². The van der Waals surface area contributed by atoms with Crippen LogP contribution < -0.4 is 4.90 Å². The van der Waals surface area contributed by atoms with Crippen molar-refractivity contribution in [1.82, 2.24) is 23.6 Å². The van der Waals surface area contributed by atoms with Gasteiger partial charge in [0.05, 0.1) is 23.4 Å². The van der Waals surface area contributed by atoms with Crippen LogP contribution in [0.25, 0.3) is 32.5 Å². The summed E-state index contributed by atoms with van der Waals surface area (Å²) in [5.41, 5.74) is 2.82. The van der Waals surface area contributed by atoms with Crippen LogP contribution in [-0.4, -0.2) is 79.4 Å². The molecule has 0 radical (unpaired) electrons. The van der Waals surface area contributed by atoms with Crippen molar-refractivity contribution < 1.29 is 13.2 Å². The van der Waals surface area contributed by atoms with E-state index >= 15 is 0 Å². The van der Waals surface area contributed by atoms with E-state index in [0.29, 0.717) is 19.0 Å². The Labute approximate surface area is 196 Å². The molecular formula is C22H26N6O3S2. The lowest BCUT2D eigenvalue weighted by Crippen LogP contribution is -2.37. The molecule has 1 aromatic carbocycles. The molecule has 0 spiro atoms. The predicted molar refractivity (Wildman–Crippen MR) is 132 cm³/mol. The van der Waals surface area contributed by atoms with Gasteiger partial charge in [0.25, 0.3) is 10.2 Å². The van der Waals surface area contributed by atoms with Crippen molar-refractivity contribution in [3.05, 3.63) is 41.4 Å². The van der Waals surface area contributed by atoms with Crippen LogP contribution in [0.15, 0.2) is 36.5 Å². The Balaban J connectivity index is 1.62. The molecule has 1 saturated heterocycles. The lowest BCUT2D eigenvalue weighted by molar-refractivity contribution is 0.122. The second-order valence-electron chi connectivity index (χ2n) is 8.19. The number of fused-ring (bicyclic) bond motifs is 2. The van der Waals surface area contributed by atoms with Gasteiger partial charge >= 0.3 is 0 Å². The molecule has 4 aromatic rings.